The Bertz CT molecular complexity index is 964. The third-order valence-corrected chi connectivity index (χ3v) is 5.78. The third-order valence-electron chi connectivity index (χ3n) is 5.45. The summed E-state index contributed by atoms with van der Waals surface area (Å²) in [7, 11) is 1.50. The Labute approximate surface area is 179 Å². The number of aromatic nitrogens is 1. The van der Waals surface area contributed by atoms with Crippen LogP contribution in [0.15, 0.2) is 42.7 Å². The molecule has 1 heterocycles. The number of amides is 1. The van der Waals surface area contributed by atoms with Gasteiger partial charge in [-0.3, -0.25) is 14.7 Å². The number of carbonyl (C=O) groups is 3. The van der Waals surface area contributed by atoms with Gasteiger partial charge in [0.15, 0.2) is 5.78 Å². The molecule has 1 amide bonds. The smallest absolute Gasteiger partial charge is 0.413 e. The van der Waals surface area contributed by atoms with Crippen molar-refractivity contribution in [2.24, 2.45) is 0 Å². The van der Waals surface area contributed by atoms with Crippen LogP contribution in [0.4, 0.5) is 4.79 Å². The van der Waals surface area contributed by atoms with E-state index < -0.39 is 24.4 Å². The highest BCUT2D eigenvalue weighted by Gasteiger charge is 2.48. The number of rotatable bonds is 5. The second-order valence-corrected chi connectivity index (χ2v) is 7.59. The van der Waals surface area contributed by atoms with E-state index in [1.165, 1.54) is 18.1 Å². The molecule has 1 fully saturated rings. The standard InChI is InChI=1S/C22H23ClN2O5/c1-15-10-12-24-13-16(15)20(27)29-14-30-21(28)25(2)22(11-6-5-9-19(22)26)17-7-3-4-8-18(17)23/h3-4,7-8,10,12-13H,5-6,9,11,14H2,1-2H3/t22-/m0/s1. The van der Waals surface area contributed by atoms with Gasteiger partial charge < -0.3 is 9.47 Å². The van der Waals surface area contributed by atoms with Gasteiger partial charge in [-0.1, -0.05) is 29.8 Å². The zero-order chi connectivity index (χ0) is 21.7. The van der Waals surface area contributed by atoms with Gasteiger partial charge in [0.25, 0.3) is 0 Å². The van der Waals surface area contributed by atoms with Gasteiger partial charge in [0.05, 0.1) is 5.56 Å². The molecule has 30 heavy (non-hydrogen) atoms. The number of hydrogen-bond acceptors (Lipinski definition) is 6. The van der Waals surface area contributed by atoms with Crippen molar-refractivity contribution in [1.82, 2.24) is 9.88 Å². The quantitative estimate of drug-likeness (QED) is 0.520. The van der Waals surface area contributed by atoms with Crippen molar-refractivity contribution < 1.29 is 23.9 Å². The molecule has 1 aromatic carbocycles. The number of pyridine rings is 1. The van der Waals surface area contributed by atoms with Crippen molar-refractivity contribution in [2.45, 2.75) is 38.1 Å². The number of ether oxygens (including phenoxy) is 2. The van der Waals surface area contributed by atoms with Crippen molar-refractivity contribution in [2.75, 3.05) is 13.8 Å². The normalized spacial score (nSPS) is 18.6. The minimum Gasteiger partial charge on any atom is -0.424 e. The van der Waals surface area contributed by atoms with E-state index in [1.54, 1.807) is 43.5 Å². The van der Waals surface area contributed by atoms with Crippen molar-refractivity contribution in [3.63, 3.8) is 0 Å². The zero-order valence-electron chi connectivity index (χ0n) is 16.9. The number of aryl methyl sites for hydroxylation is 1. The first-order valence-electron chi connectivity index (χ1n) is 9.64. The molecule has 0 saturated heterocycles. The Balaban J connectivity index is 1.74. The van der Waals surface area contributed by atoms with E-state index in [0.29, 0.717) is 29.0 Å². The number of Topliss-reactive ketones (excluding diaryl/α,β-unsaturated/α-hetero) is 1. The van der Waals surface area contributed by atoms with Crippen LogP contribution in [0.1, 0.15) is 47.2 Å². The molecule has 2 aromatic rings. The average Bonchev–Trinajstić information content (AvgIpc) is 2.74. The summed E-state index contributed by atoms with van der Waals surface area (Å²) in [6, 6.07) is 8.67. The van der Waals surface area contributed by atoms with E-state index in [2.05, 4.69) is 4.98 Å². The predicted molar refractivity (Wildman–Crippen MR) is 110 cm³/mol. The van der Waals surface area contributed by atoms with Crippen LogP contribution in [0.25, 0.3) is 0 Å². The summed E-state index contributed by atoms with van der Waals surface area (Å²) in [5, 5.41) is 0.408. The summed E-state index contributed by atoms with van der Waals surface area (Å²) < 4.78 is 10.2. The molecule has 1 saturated carbocycles. The molecule has 0 aliphatic heterocycles. The Kier molecular flexibility index (Phi) is 6.72. The average molecular weight is 431 g/mol. The van der Waals surface area contributed by atoms with E-state index in [1.807, 2.05) is 0 Å². The number of benzene rings is 1. The molecule has 3 rings (SSSR count). The number of ketones is 1. The zero-order valence-corrected chi connectivity index (χ0v) is 17.6. The second kappa shape index (κ2) is 9.26. The second-order valence-electron chi connectivity index (χ2n) is 7.18. The highest BCUT2D eigenvalue weighted by atomic mass is 35.5. The first-order chi connectivity index (χ1) is 14.4. The van der Waals surface area contributed by atoms with Crippen molar-refractivity contribution >= 4 is 29.4 Å². The maximum Gasteiger partial charge on any atom is 0.413 e. The molecule has 1 aliphatic rings. The Morgan fingerprint density at radius 2 is 1.97 bits per heavy atom. The molecule has 1 aliphatic carbocycles. The summed E-state index contributed by atoms with van der Waals surface area (Å²) in [4.78, 5) is 43.1. The molecule has 0 spiro atoms. The van der Waals surface area contributed by atoms with Gasteiger partial charge >= 0.3 is 12.1 Å². The van der Waals surface area contributed by atoms with Crippen LogP contribution < -0.4 is 0 Å². The van der Waals surface area contributed by atoms with Gasteiger partial charge in [0, 0.05) is 36.4 Å². The van der Waals surface area contributed by atoms with Gasteiger partial charge in [-0.15, -0.1) is 0 Å². The van der Waals surface area contributed by atoms with Crippen molar-refractivity contribution in [1.29, 1.82) is 0 Å². The van der Waals surface area contributed by atoms with E-state index in [9.17, 15) is 14.4 Å². The highest BCUT2D eigenvalue weighted by molar-refractivity contribution is 6.31. The summed E-state index contributed by atoms with van der Waals surface area (Å²) in [6.07, 6.45) is 4.49. The molecule has 1 atom stereocenters. The van der Waals surface area contributed by atoms with Gasteiger partial charge in [-0.05, 0) is 43.9 Å². The Morgan fingerprint density at radius 3 is 2.67 bits per heavy atom. The van der Waals surface area contributed by atoms with E-state index in [-0.39, 0.29) is 11.3 Å². The first kappa shape index (κ1) is 21.8. The van der Waals surface area contributed by atoms with Crippen LogP contribution in [0.5, 0.6) is 0 Å². The van der Waals surface area contributed by atoms with E-state index in [0.717, 1.165) is 12.8 Å². The highest BCUT2D eigenvalue weighted by Crippen LogP contribution is 2.42. The Morgan fingerprint density at radius 1 is 1.20 bits per heavy atom. The SMILES string of the molecule is Cc1ccncc1C(=O)OCOC(=O)N(C)[C@]1(c2ccccc2Cl)CCCCC1=O. The fraction of sp³-hybridized carbons (Fsp3) is 0.364. The summed E-state index contributed by atoms with van der Waals surface area (Å²) in [6.45, 7) is 1.17. The number of nitrogens with zero attached hydrogens (tertiary/aromatic N) is 2. The summed E-state index contributed by atoms with van der Waals surface area (Å²) in [5.74, 6) is -0.741. The minimum absolute atomic E-state index is 0.0933. The minimum atomic E-state index is -1.21. The molecular formula is C22H23ClN2O5. The molecule has 0 unspecified atom stereocenters. The largest absolute Gasteiger partial charge is 0.424 e. The summed E-state index contributed by atoms with van der Waals surface area (Å²) in [5.41, 5.74) is 0.345. The number of likely N-dealkylation sites (N-methyl/N-ethyl adjacent to an activating group) is 1. The van der Waals surface area contributed by atoms with Gasteiger partial charge in [0.1, 0.15) is 5.54 Å². The molecule has 7 nitrogen and oxygen atoms in total. The van der Waals surface area contributed by atoms with Crippen LogP contribution in [0.3, 0.4) is 0 Å². The predicted octanol–water partition coefficient (Wildman–Crippen LogP) is 4.26. The van der Waals surface area contributed by atoms with Crippen LogP contribution in [0, 0.1) is 6.92 Å². The molecule has 8 heteroatoms. The van der Waals surface area contributed by atoms with Crippen LogP contribution in [-0.2, 0) is 19.8 Å². The number of hydrogen-bond donors (Lipinski definition) is 0. The van der Waals surface area contributed by atoms with E-state index in [4.69, 9.17) is 21.1 Å². The lowest BCUT2D eigenvalue weighted by molar-refractivity contribution is -0.133. The first-order valence-corrected chi connectivity index (χ1v) is 10.0. The number of halogens is 1. The molecule has 0 radical (unpaired) electrons. The third kappa shape index (κ3) is 4.16. The molecule has 0 N–H and O–H groups in total. The lowest BCUT2D eigenvalue weighted by Gasteiger charge is -2.43. The topological polar surface area (TPSA) is 85.8 Å². The number of carbonyl (C=O) groups excluding carboxylic acids is 3. The van der Waals surface area contributed by atoms with Crippen LogP contribution in [-0.4, -0.2) is 41.6 Å². The van der Waals surface area contributed by atoms with Gasteiger partial charge in [0.2, 0.25) is 6.79 Å². The maximum atomic E-state index is 13.0. The molecule has 1 aromatic heterocycles. The Hall–Kier alpha value is -2.93. The fourth-order valence-corrected chi connectivity index (χ4v) is 4.06. The fourth-order valence-electron chi connectivity index (χ4n) is 3.77. The molecule has 158 valence electrons. The van der Waals surface area contributed by atoms with Gasteiger partial charge in [-0.2, -0.15) is 0 Å². The maximum absolute atomic E-state index is 13.0. The van der Waals surface area contributed by atoms with Gasteiger partial charge in [-0.25, -0.2) is 9.59 Å². The summed E-state index contributed by atoms with van der Waals surface area (Å²) >= 11 is 6.38. The lowest BCUT2D eigenvalue weighted by Crippen LogP contribution is -2.54. The van der Waals surface area contributed by atoms with E-state index >= 15 is 0 Å². The van der Waals surface area contributed by atoms with Crippen LogP contribution >= 0.6 is 11.6 Å². The number of esters is 1. The van der Waals surface area contributed by atoms with Crippen molar-refractivity contribution in [3.8, 4) is 0 Å². The lowest BCUT2D eigenvalue weighted by atomic mass is 9.74. The molecule has 0 bridgehead atoms. The monoisotopic (exact) mass is 430 g/mol. The van der Waals surface area contributed by atoms with Crippen LogP contribution in [0.2, 0.25) is 5.02 Å². The van der Waals surface area contributed by atoms with Crippen molar-refractivity contribution in [3.05, 3.63) is 64.4 Å². The molecular weight excluding hydrogens is 408 g/mol.